The number of piperidine rings is 1. The number of hydrogen-bond acceptors (Lipinski definition) is 7. The summed E-state index contributed by atoms with van der Waals surface area (Å²) in [6.45, 7) is 5.49. The van der Waals surface area contributed by atoms with Crippen LogP contribution in [-0.4, -0.2) is 57.6 Å². The van der Waals surface area contributed by atoms with Crippen molar-refractivity contribution >= 4 is 35.4 Å². The van der Waals surface area contributed by atoms with Crippen LogP contribution in [0.15, 0.2) is 119 Å². The quantitative estimate of drug-likeness (QED) is 0.185. The maximum atomic E-state index is 13.8. The summed E-state index contributed by atoms with van der Waals surface area (Å²) in [6.07, 6.45) is 4.26. The molecule has 2 aliphatic rings. The smallest absolute Gasteiger partial charge is 0.410 e. The molecule has 5 aromatic rings. The van der Waals surface area contributed by atoms with E-state index in [0.29, 0.717) is 38.0 Å². The van der Waals surface area contributed by atoms with Crippen LogP contribution in [0.2, 0.25) is 0 Å². The van der Waals surface area contributed by atoms with Gasteiger partial charge in [-0.25, -0.2) is 14.0 Å². The van der Waals surface area contributed by atoms with Gasteiger partial charge >= 0.3 is 12.1 Å². The Morgan fingerprint density at radius 3 is 2.06 bits per heavy atom. The van der Waals surface area contributed by atoms with Crippen LogP contribution >= 0.6 is 11.8 Å². The topological polar surface area (TPSA) is 113 Å². The molecule has 0 aliphatic carbocycles. The second kappa shape index (κ2) is 16.6. The van der Waals surface area contributed by atoms with Crippen molar-refractivity contribution in [1.29, 1.82) is 0 Å². The zero-order valence-electron chi connectivity index (χ0n) is 28.3. The van der Waals surface area contributed by atoms with E-state index in [2.05, 4.69) is 16.0 Å². The van der Waals surface area contributed by atoms with E-state index < -0.39 is 5.97 Å². The molecule has 4 heterocycles. The summed E-state index contributed by atoms with van der Waals surface area (Å²) in [5, 5.41) is 8.48. The number of aromatic carboxylic acids is 1. The average molecular weight is 721 g/mol. The lowest BCUT2D eigenvalue weighted by molar-refractivity contribution is 0.0695. The van der Waals surface area contributed by atoms with E-state index in [1.54, 1.807) is 48.0 Å². The fourth-order valence-corrected chi connectivity index (χ4v) is 7.26. The van der Waals surface area contributed by atoms with Crippen molar-refractivity contribution in [3.8, 4) is 0 Å². The predicted octanol–water partition coefficient (Wildman–Crippen LogP) is 8.74. The molecule has 0 bridgehead atoms. The van der Waals surface area contributed by atoms with Gasteiger partial charge in [-0.2, -0.15) is 0 Å². The monoisotopic (exact) mass is 720 g/mol. The van der Waals surface area contributed by atoms with Gasteiger partial charge in [-0.05, 0) is 105 Å². The number of carbonyl (C=O) groups is 3. The molecule has 9 nitrogen and oxygen atoms in total. The molecular weight excluding hydrogens is 680 g/mol. The van der Waals surface area contributed by atoms with E-state index in [4.69, 9.17) is 9.84 Å². The van der Waals surface area contributed by atoms with Gasteiger partial charge in [0.1, 0.15) is 12.4 Å². The number of aryl methyl sites for hydroxylation is 2. The Hall–Kier alpha value is -5.55. The van der Waals surface area contributed by atoms with Crippen molar-refractivity contribution in [2.75, 3.05) is 24.5 Å². The van der Waals surface area contributed by atoms with E-state index in [9.17, 15) is 18.8 Å². The number of nitrogens with zero attached hydrogens (tertiary/aromatic N) is 4. The first-order valence-corrected chi connectivity index (χ1v) is 17.4. The van der Waals surface area contributed by atoms with Crippen molar-refractivity contribution < 1.29 is 28.6 Å². The number of benzene rings is 3. The van der Waals surface area contributed by atoms with Gasteiger partial charge in [0.15, 0.2) is 0 Å². The minimum Gasteiger partial charge on any atom is -0.478 e. The second-order valence-electron chi connectivity index (χ2n) is 12.6. The molecule has 1 fully saturated rings. The second-order valence-corrected chi connectivity index (χ2v) is 13.8. The minimum absolute atomic E-state index is 0. The van der Waals surface area contributed by atoms with Gasteiger partial charge in [-0.1, -0.05) is 49.5 Å². The average Bonchev–Trinajstić information content (AvgIpc) is 3.44. The third-order valence-electron chi connectivity index (χ3n) is 9.06. The Morgan fingerprint density at radius 1 is 0.827 bits per heavy atom. The third-order valence-corrected chi connectivity index (χ3v) is 10.1. The number of carboxylic acid groups (broad SMARTS) is 1. The van der Waals surface area contributed by atoms with E-state index in [1.807, 2.05) is 60.4 Å². The first-order chi connectivity index (χ1) is 24.6. The maximum absolute atomic E-state index is 13.8. The lowest BCUT2D eigenvalue weighted by atomic mass is 9.74. The van der Waals surface area contributed by atoms with Crippen molar-refractivity contribution in [1.82, 2.24) is 14.9 Å². The number of carbonyl (C=O) groups excluding carboxylic acids is 2. The van der Waals surface area contributed by atoms with Gasteiger partial charge in [0.25, 0.3) is 5.91 Å². The molecule has 1 saturated heterocycles. The first-order valence-electron chi connectivity index (χ1n) is 16.5. The Kier molecular flexibility index (Phi) is 12.1. The van der Waals surface area contributed by atoms with Gasteiger partial charge in [-0.15, -0.1) is 0 Å². The van der Waals surface area contributed by atoms with E-state index >= 15 is 0 Å². The number of fused-ring (bicyclic) bond motifs is 2. The van der Waals surface area contributed by atoms with Crippen molar-refractivity contribution in [3.63, 3.8) is 0 Å². The SMILES string of the molecule is C.Cc1cc(C(=O)N2CC3(CCN(C(=O)OCc4ccccc4)CC3)c3cc(Sc4ccc(F)cc4)ccc32)ccn1.Cc1cc(C(=O)O)ccn1. The molecule has 2 aliphatic heterocycles. The lowest BCUT2D eigenvalue weighted by Gasteiger charge is -2.39. The van der Waals surface area contributed by atoms with Crippen LogP contribution in [0, 0.1) is 19.7 Å². The van der Waals surface area contributed by atoms with Gasteiger partial charge in [-0.3, -0.25) is 14.8 Å². The molecule has 0 saturated carbocycles. The molecule has 3 aromatic carbocycles. The zero-order valence-corrected chi connectivity index (χ0v) is 29.1. The van der Waals surface area contributed by atoms with Gasteiger partial charge in [0.2, 0.25) is 0 Å². The number of halogens is 1. The molecule has 1 N–H and O–H groups in total. The molecule has 7 rings (SSSR count). The Bertz CT molecular complexity index is 2040. The molecule has 268 valence electrons. The summed E-state index contributed by atoms with van der Waals surface area (Å²) in [4.78, 5) is 50.7. The zero-order chi connectivity index (χ0) is 36.0. The number of pyridine rings is 2. The molecule has 0 atom stereocenters. The standard InChI is InChI=1S/C33H30FN3O3S.C7H7NO2.CH4/c1-23-19-25(13-16-35-23)31(38)37-22-33(14-17-36(18-15-33)32(39)40-21-24-5-3-2-4-6-24)29-20-28(11-12-30(29)37)41-27-9-7-26(34)8-10-27;1-5-4-6(7(9)10)2-3-8-5;/h2-13,16,19-20H,14-15,17-18,21-22H2,1H3;2-4H,1H3,(H,9,10);1H4. The van der Waals surface area contributed by atoms with Gasteiger partial charge in [0, 0.05) is 69.9 Å². The summed E-state index contributed by atoms with van der Waals surface area (Å²) in [5.74, 6) is -1.24. The van der Waals surface area contributed by atoms with Gasteiger partial charge in [0.05, 0.1) is 5.56 Å². The summed E-state index contributed by atoms with van der Waals surface area (Å²) in [6, 6.07) is 28.9. The lowest BCUT2D eigenvalue weighted by Crippen LogP contribution is -2.48. The summed E-state index contributed by atoms with van der Waals surface area (Å²) >= 11 is 1.56. The highest BCUT2D eigenvalue weighted by molar-refractivity contribution is 7.99. The number of hydrogen-bond donors (Lipinski definition) is 1. The fraction of sp³-hybridized carbons (Fsp3) is 0.244. The Labute approximate surface area is 307 Å². The molecule has 11 heteroatoms. The predicted molar refractivity (Wildman–Crippen MR) is 199 cm³/mol. The van der Waals surface area contributed by atoms with Crippen LogP contribution in [-0.2, 0) is 16.8 Å². The largest absolute Gasteiger partial charge is 0.478 e. The van der Waals surface area contributed by atoms with Crippen molar-refractivity contribution in [3.05, 3.63) is 149 Å². The molecular formula is C41H41FN4O5S. The Morgan fingerprint density at radius 2 is 1.44 bits per heavy atom. The van der Waals surface area contributed by atoms with Crippen LogP contribution in [0.5, 0.6) is 0 Å². The number of amides is 2. The molecule has 2 amide bonds. The summed E-state index contributed by atoms with van der Waals surface area (Å²) in [5.41, 5.74) is 5.07. The first kappa shape index (κ1) is 37.7. The third kappa shape index (κ3) is 8.84. The highest BCUT2D eigenvalue weighted by atomic mass is 32.2. The highest BCUT2D eigenvalue weighted by Crippen LogP contribution is 2.49. The van der Waals surface area contributed by atoms with E-state index in [1.165, 1.54) is 30.5 Å². The number of anilines is 1. The van der Waals surface area contributed by atoms with Crippen molar-refractivity contribution in [2.24, 2.45) is 0 Å². The normalized spacial score (nSPS) is 14.1. The molecule has 0 radical (unpaired) electrons. The van der Waals surface area contributed by atoms with Crippen LogP contribution in [0.4, 0.5) is 14.9 Å². The maximum Gasteiger partial charge on any atom is 0.410 e. The molecule has 1 spiro atoms. The molecule has 52 heavy (non-hydrogen) atoms. The summed E-state index contributed by atoms with van der Waals surface area (Å²) < 4.78 is 19.1. The number of aromatic nitrogens is 2. The number of ether oxygens (including phenoxy) is 1. The number of rotatable bonds is 6. The number of likely N-dealkylation sites (tertiary alicyclic amines) is 1. The highest BCUT2D eigenvalue weighted by Gasteiger charge is 2.47. The van der Waals surface area contributed by atoms with Gasteiger partial charge < -0.3 is 19.6 Å². The van der Waals surface area contributed by atoms with Crippen LogP contribution in [0.1, 0.15) is 63.5 Å². The number of carboxylic acids is 1. The van der Waals surface area contributed by atoms with Crippen LogP contribution in [0.3, 0.4) is 0 Å². The van der Waals surface area contributed by atoms with E-state index in [0.717, 1.165) is 38.0 Å². The molecule has 0 unspecified atom stereocenters. The van der Waals surface area contributed by atoms with Crippen LogP contribution in [0.25, 0.3) is 0 Å². The van der Waals surface area contributed by atoms with Crippen molar-refractivity contribution in [2.45, 2.75) is 55.9 Å². The molecule has 2 aromatic heterocycles. The van der Waals surface area contributed by atoms with Crippen LogP contribution < -0.4 is 4.90 Å². The Balaban J connectivity index is 0.000000413. The fourth-order valence-electron chi connectivity index (χ4n) is 6.40. The summed E-state index contributed by atoms with van der Waals surface area (Å²) in [7, 11) is 0. The minimum atomic E-state index is -0.912. The van der Waals surface area contributed by atoms with E-state index in [-0.39, 0.29) is 42.8 Å².